The van der Waals surface area contributed by atoms with Crippen molar-refractivity contribution in [1.82, 2.24) is 0 Å². The van der Waals surface area contributed by atoms with Gasteiger partial charge in [-0.2, -0.15) is 8.42 Å². The van der Waals surface area contributed by atoms with E-state index in [9.17, 15) is 13.5 Å². The molecule has 0 amide bonds. The van der Waals surface area contributed by atoms with Crippen LogP contribution in [0.15, 0.2) is 35.2 Å². The highest BCUT2D eigenvalue weighted by atomic mass is 35.5. The number of hydrogen-bond donors (Lipinski definition) is 2. The van der Waals surface area contributed by atoms with E-state index in [1.807, 2.05) is 0 Å². The Labute approximate surface area is 96.8 Å². The molecule has 0 unspecified atom stereocenters. The Morgan fingerprint density at radius 3 is 2.44 bits per heavy atom. The number of fused-ring (bicyclic) bond motifs is 1. The maximum Gasteiger partial charge on any atom is 0.299 e. The van der Waals surface area contributed by atoms with Crippen LogP contribution in [-0.4, -0.2) is 18.1 Å². The molecule has 0 atom stereocenters. The Kier molecular flexibility index (Phi) is 2.53. The van der Waals surface area contributed by atoms with Gasteiger partial charge in [0.25, 0.3) is 10.1 Å². The Morgan fingerprint density at radius 1 is 1.19 bits per heavy atom. The average molecular weight is 259 g/mol. The summed E-state index contributed by atoms with van der Waals surface area (Å²) in [5.74, 6) is -0.536. The zero-order valence-electron chi connectivity index (χ0n) is 7.88. The molecular formula is C10H7ClO4S. The van der Waals surface area contributed by atoms with Crippen LogP contribution in [-0.2, 0) is 10.1 Å². The lowest BCUT2D eigenvalue weighted by atomic mass is 10.1. The minimum absolute atomic E-state index is 0.210. The second kappa shape index (κ2) is 3.62. The molecule has 0 saturated carbocycles. The second-order valence-corrected chi connectivity index (χ2v) is 5.00. The van der Waals surface area contributed by atoms with Gasteiger partial charge >= 0.3 is 0 Å². The summed E-state index contributed by atoms with van der Waals surface area (Å²) >= 11 is 5.69. The van der Waals surface area contributed by atoms with E-state index in [-0.39, 0.29) is 5.02 Å². The van der Waals surface area contributed by atoms with Gasteiger partial charge in [-0.05, 0) is 11.5 Å². The number of aromatic hydroxyl groups is 1. The average Bonchev–Trinajstić information content (AvgIpc) is 2.15. The molecule has 0 heterocycles. The predicted octanol–water partition coefficient (Wildman–Crippen LogP) is 2.45. The minimum Gasteiger partial charge on any atom is -0.506 e. The van der Waals surface area contributed by atoms with E-state index < -0.39 is 20.8 Å². The van der Waals surface area contributed by atoms with Crippen LogP contribution in [0.2, 0.25) is 5.02 Å². The van der Waals surface area contributed by atoms with Crippen LogP contribution >= 0.6 is 11.6 Å². The van der Waals surface area contributed by atoms with Crippen LogP contribution in [0.4, 0.5) is 0 Å². The van der Waals surface area contributed by atoms with Crippen LogP contribution in [0, 0.1) is 0 Å². The van der Waals surface area contributed by atoms with E-state index in [1.54, 1.807) is 18.2 Å². The highest BCUT2D eigenvalue weighted by molar-refractivity contribution is 7.86. The van der Waals surface area contributed by atoms with Gasteiger partial charge in [0, 0.05) is 5.39 Å². The standard InChI is InChI=1S/C10H7ClO4S/c11-8-5-6-3-1-2-4-7(6)9(12)10(8)16(13,14)15/h1-5,12H,(H,13,14,15). The summed E-state index contributed by atoms with van der Waals surface area (Å²) in [4.78, 5) is -0.659. The number of benzene rings is 2. The summed E-state index contributed by atoms with van der Waals surface area (Å²) in [6, 6.07) is 7.96. The summed E-state index contributed by atoms with van der Waals surface area (Å²) in [5.41, 5.74) is 0. The Hall–Kier alpha value is -1.30. The van der Waals surface area contributed by atoms with Crippen molar-refractivity contribution in [3.05, 3.63) is 35.4 Å². The van der Waals surface area contributed by atoms with Gasteiger partial charge in [-0.3, -0.25) is 4.55 Å². The van der Waals surface area contributed by atoms with Gasteiger partial charge in [0.1, 0.15) is 5.75 Å². The number of phenols is 1. The lowest BCUT2D eigenvalue weighted by molar-refractivity contribution is 0.448. The molecule has 2 aromatic carbocycles. The number of rotatable bonds is 1. The first-order valence-corrected chi connectivity index (χ1v) is 6.11. The summed E-state index contributed by atoms with van der Waals surface area (Å²) in [6.07, 6.45) is 0. The lowest BCUT2D eigenvalue weighted by Crippen LogP contribution is -2.00. The summed E-state index contributed by atoms with van der Waals surface area (Å²) in [5, 5.41) is 10.4. The van der Waals surface area contributed by atoms with Crippen molar-refractivity contribution in [3.63, 3.8) is 0 Å². The maximum absolute atomic E-state index is 11.0. The first-order valence-electron chi connectivity index (χ1n) is 4.29. The number of phenolic OH excluding ortho intramolecular Hbond substituents is 1. The molecule has 2 rings (SSSR count). The molecule has 0 fully saturated rings. The first kappa shape index (κ1) is 11.2. The molecule has 0 saturated heterocycles. The third-order valence-electron chi connectivity index (χ3n) is 2.19. The molecule has 2 N–H and O–H groups in total. The summed E-state index contributed by atoms with van der Waals surface area (Å²) in [6.45, 7) is 0. The molecule has 0 radical (unpaired) electrons. The largest absolute Gasteiger partial charge is 0.506 e. The van der Waals surface area contributed by atoms with E-state index in [0.29, 0.717) is 10.8 Å². The zero-order valence-corrected chi connectivity index (χ0v) is 9.46. The van der Waals surface area contributed by atoms with Gasteiger partial charge in [-0.1, -0.05) is 35.9 Å². The highest BCUT2D eigenvalue weighted by Gasteiger charge is 2.21. The van der Waals surface area contributed by atoms with E-state index in [0.717, 1.165) is 0 Å². The highest BCUT2D eigenvalue weighted by Crippen LogP contribution is 2.37. The van der Waals surface area contributed by atoms with Gasteiger partial charge < -0.3 is 5.11 Å². The molecule has 0 aliphatic heterocycles. The fourth-order valence-electron chi connectivity index (χ4n) is 1.52. The van der Waals surface area contributed by atoms with Crippen molar-refractivity contribution in [1.29, 1.82) is 0 Å². The molecular weight excluding hydrogens is 252 g/mol. The van der Waals surface area contributed by atoms with Crippen LogP contribution in [0.1, 0.15) is 0 Å². The summed E-state index contributed by atoms with van der Waals surface area (Å²) < 4.78 is 31.0. The quantitative estimate of drug-likeness (QED) is 0.771. The van der Waals surface area contributed by atoms with Crippen LogP contribution in [0.3, 0.4) is 0 Å². The predicted molar refractivity (Wildman–Crippen MR) is 60.4 cm³/mol. The zero-order chi connectivity index (χ0) is 11.9. The molecule has 4 nitrogen and oxygen atoms in total. The van der Waals surface area contributed by atoms with Gasteiger partial charge in [0.05, 0.1) is 5.02 Å². The fourth-order valence-corrected chi connectivity index (χ4v) is 2.68. The van der Waals surface area contributed by atoms with E-state index in [1.165, 1.54) is 12.1 Å². The Morgan fingerprint density at radius 2 is 1.81 bits per heavy atom. The minimum atomic E-state index is -4.54. The molecule has 0 spiro atoms. The topological polar surface area (TPSA) is 74.6 Å². The third-order valence-corrected chi connectivity index (χ3v) is 3.53. The second-order valence-electron chi connectivity index (χ2n) is 3.23. The molecule has 2 aromatic rings. The molecule has 0 aliphatic rings. The normalized spacial score (nSPS) is 11.9. The lowest BCUT2D eigenvalue weighted by Gasteiger charge is -2.07. The van der Waals surface area contributed by atoms with Crippen molar-refractivity contribution in [2.45, 2.75) is 4.90 Å². The van der Waals surface area contributed by atoms with E-state index >= 15 is 0 Å². The van der Waals surface area contributed by atoms with Crippen molar-refractivity contribution in [2.24, 2.45) is 0 Å². The van der Waals surface area contributed by atoms with Crippen molar-refractivity contribution in [3.8, 4) is 5.75 Å². The molecule has 84 valence electrons. The Bertz CT molecular complexity index is 664. The van der Waals surface area contributed by atoms with Crippen LogP contribution in [0.25, 0.3) is 10.8 Å². The smallest absolute Gasteiger partial charge is 0.299 e. The fraction of sp³-hybridized carbons (Fsp3) is 0. The van der Waals surface area contributed by atoms with Gasteiger partial charge in [-0.15, -0.1) is 0 Å². The van der Waals surface area contributed by atoms with Crippen molar-refractivity contribution < 1.29 is 18.1 Å². The molecule has 6 heteroatoms. The van der Waals surface area contributed by atoms with Gasteiger partial charge in [-0.25, -0.2) is 0 Å². The Balaban J connectivity index is 2.98. The van der Waals surface area contributed by atoms with Crippen molar-refractivity contribution in [2.75, 3.05) is 0 Å². The SMILES string of the molecule is O=S(=O)(O)c1c(Cl)cc2ccccc2c1O. The monoisotopic (exact) mass is 258 g/mol. The molecule has 0 aliphatic carbocycles. The van der Waals surface area contributed by atoms with Gasteiger partial charge in [0.2, 0.25) is 0 Å². The molecule has 16 heavy (non-hydrogen) atoms. The first-order chi connectivity index (χ1) is 7.41. The van der Waals surface area contributed by atoms with Crippen molar-refractivity contribution >= 4 is 32.5 Å². The van der Waals surface area contributed by atoms with Gasteiger partial charge in [0.15, 0.2) is 4.90 Å². The summed E-state index contributed by atoms with van der Waals surface area (Å²) in [7, 11) is -4.54. The third kappa shape index (κ3) is 1.73. The van der Waals surface area contributed by atoms with E-state index in [4.69, 9.17) is 16.2 Å². The van der Waals surface area contributed by atoms with Crippen LogP contribution < -0.4 is 0 Å². The molecule has 0 aromatic heterocycles. The number of halogens is 1. The molecule has 0 bridgehead atoms. The maximum atomic E-state index is 11.0. The van der Waals surface area contributed by atoms with Crippen LogP contribution in [0.5, 0.6) is 5.75 Å². The van der Waals surface area contributed by atoms with E-state index in [2.05, 4.69) is 0 Å². The number of hydrogen-bond acceptors (Lipinski definition) is 3.